The van der Waals surface area contributed by atoms with E-state index in [2.05, 4.69) is 15.3 Å². The first-order chi connectivity index (χ1) is 11.1. The average molecular weight is 311 g/mol. The molecule has 3 N–H and O–H groups in total. The largest absolute Gasteiger partial charge is 0.396 e. The molecule has 0 aliphatic carbocycles. The lowest BCUT2D eigenvalue weighted by atomic mass is 10.0. The number of pyridine rings is 1. The predicted molar refractivity (Wildman–Crippen MR) is 84.9 cm³/mol. The number of carbonyl (C=O) groups excluding carboxylic acids is 1. The number of fused-ring (bicyclic) bond motifs is 1. The first-order valence-corrected chi connectivity index (χ1v) is 7.31. The summed E-state index contributed by atoms with van der Waals surface area (Å²) in [4.78, 5) is 15.8. The van der Waals surface area contributed by atoms with Gasteiger partial charge in [0.25, 0.3) is 5.91 Å². The zero-order valence-corrected chi connectivity index (χ0v) is 12.7. The van der Waals surface area contributed by atoms with E-state index in [0.29, 0.717) is 5.69 Å². The molecule has 1 aromatic carbocycles. The van der Waals surface area contributed by atoms with Gasteiger partial charge in [0.05, 0.1) is 17.3 Å². The van der Waals surface area contributed by atoms with Gasteiger partial charge in [-0.25, -0.2) is 4.68 Å². The van der Waals surface area contributed by atoms with Crippen LogP contribution in [0.1, 0.15) is 34.7 Å². The molecule has 0 fully saturated rings. The Morgan fingerprint density at radius 1 is 1.39 bits per heavy atom. The Labute approximate surface area is 132 Å². The first kappa shape index (κ1) is 15.1. The highest BCUT2D eigenvalue weighted by molar-refractivity contribution is 5.91. The molecule has 7 nitrogen and oxygen atoms in total. The molecule has 0 saturated heterocycles. The SMILES string of the molecule is CC(c1ccc2ncccc2c1)n1nnc(C(N)=O)c1CCO. The zero-order chi connectivity index (χ0) is 16.4. The number of amides is 1. The van der Waals surface area contributed by atoms with E-state index in [9.17, 15) is 9.90 Å². The molecule has 0 saturated carbocycles. The molecule has 1 unspecified atom stereocenters. The third-order valence-electron chi connectivity index (χ3n) is 3.85. The van der Waals surface area contributed by atoms with Gasteiger partial charge in [-0.3, -0.25) is 9.78 Å². The lowest BCUT2D eigenvalue weighted by Gasteiger charge is -2.15. The summed E-state index contributed by atoms with van der Waals surface area (Å²) in [7, 11) is 0. The van der Waals surface area contributed by atoms with Gasteiger partial charge < -0.3 is 10.8 Å². The van der Waals surface area contributed by atoms with Crippen molar-refractivity contribution in [3.63, 3.8) is 0 Å². The topological polar surface area (TPSA) is 107 Å². The van der Waals surface area contributed by atoms with Crippen molar-refractivity contribution in [2.75, 3.05) is 6.61 Å². The van der Waals surface area contributed by atoms with E-state index in [1.807, 2.05) is 37.3 Å². The van der Waals surface area contributed by atoms with E-state index < -0.39 is 5.91 Å². The van der Waals surface area contributed by atoms with Crippen molar-refractivity contribution in [1.82, 2.24) is 20.0 Å². The predicted octanol–water partition coefficient (Wildman–Crippen LogP) is 1.07. The van der Waals surface area contributed by atoms with Crippen LogP contribution in [-0.2, 0) is 6.42 Å². The van der Waals surface area contributed by atoms with E-state index in [1.54, 1.807) is 10.9 Å². The van der Waals surface area contributed by atoms with Gasteiger partial charge in [-0.05, 0) is 30.7 Å². The fraction of sp³-hybridized carbons (Fsp3) is 0.250. The molecule has 23 heavy (non-hydrogen) atoms. The minimum atomic E-state index is -0.644. The van der Waals surface area contributed by atoms with E-state index in [-0.39, 0.29) is 24.8 Å². The van der Waals surface area contributed by atoms with E-state index in [0.717, 1.165) is 16.5 Å². The normalized spacial score (nSPS) is 12.4. The fourth-order valence-corrected chi connectivity index (χ4v) is 2.65. The van der Waals surface area contributed by atoms with Crippen molar-refractivity contribution < 1.29 is 9.90 Å². The molecule has 118 valence electrons. The quantitative estimate of drug-likeness (QED) is 0.733. The second kappa shape index (κ2) is 6.13. The molecule has 1 amide bonds. The summed E-state index contributed by atoms with van der Waals surface area (Å²) in [6, 6.07) is 9.66. The highest BCUT2D eigenvalue weighted by Crippen LogP contribution is 2.23. The Morgan fingerprint density at radius 3 is 2.96 bits per heavy atom. The Bertz CT molecular complexity index is 859. The Balaban J connectivity index is 2.04. The Hall–Kier alpha value is -2.80. The maximum absolute atomic E-state index is 11.5. The standard InChI is InChI=1S/C16H17N5O2/c1-10(11-4-5-13-12(9-11)3-2-7-18-13)21-14(6-8-22)15(16(17)23)19-20-21/h2-5,7,9-10,22H,6,8H2,1H3,(H2,17,23). The third-order valence-corrected chi connectivity index (χ3v) is 3.85. The second-order valence-electron chi connectivity index (χ2n) is 5.30. The summed E-state index contributed by atoms with van der Waals surface area (Å²) in [5.41, 5.74) is 7.89. The Morgan fingerprint density at radius 2 is 2.22 bits per heavy atom. The van der Waals surface area contributed by atoms with Gasteiger partial charge in [0.15, 0.2) is 5.69 Å². The number of carbonyl (C=O) groups is 1. The molecular formula is C16H17N5O2. The maximum atomic E-state index is 11.5. The van der Waals surface area contributed by atoms with Gasteiger partial charge >= 0.3 is 0 Å². The van der Waals surface area contributed by atoms with E-state index >= 15 is 0 Å². The molecule has 1 atom stereocenters. The summed E-state index contributed by atoms with van der Waals surface area (Å²) >= 11 is 0. The summed E-state index contributed by atoms with van der Waals surface area (Å²) in [6.07, 6.45) is 2.02. The molecule has 3 aromatic rings. The van der Waals surface area contributed by atoms with Crippen LogP contribution in [0.2, 0.25) is 0 Å². The molecule has 3 rings (SSSR count). The number of aromatic nitrogens is 4. The van der Waals surface area contributed by atoms with Crippen LogP contribution in [0.5, 0.6) is 0 Å². The van der Waals surface area contributed by atoms with Crippen LogP contribution in [0, 0.1) is 0 Å². The zero-order valence-electron chi connectivity index (χ0n) is 12.7. The van der Waals surface area contributed by atoms with Crippen LogP contribution in [0.4, 0.5) is 0 Å². The van der Waals surface area contributed by atoms with E-state index in [4.69, 9.17) is 5.73 Å². The van der Waals surface area contributed by atoms with Crippen LogP contribution in [0.3, 0.4) is 0 Å². The monoisotopic (exact) mass is 311 g/mol. The van der Waals surface area contributed by atoms with Gasteiger partial charge in [0, 0.05) is 24.6 Å². The summed E-state index contributed by atoms with van der Waals surface area (Å²) in [6.45, 7) is 1.85. The van der Waals surface area contributed by atoms with Gasteiger partial charge in [-0.1, -0.05) is 17.3 Å². The summed E-state index contributed by atoms with van der Waals surface area (Å²) in [5, 5.41) is 18.2. The summed E-state index contributed by atoms with van der Waals surface area (Å²) in [5.74, 6) is -0.644. The smallest absolute Gasteiger partial charge is 0.271 e. The van der Waals surface area contributed by atoms with Crippen LogP contribution < -0.4 is 5.73 Å². The molecule has 2 heterocycles. The van der Waals surface area contributed by atoms with E-state index in [1.165, 1.54) is 0 Å². The van der Waals surface area contributed by atoms with Gasteiger partial charge in [0.2, 0.25) is 0 Å². The van der Waals surface area contributed by atoms with Crippen molar-refractivity contribution in [3.8, 4) is 0 Å². The Kier molecular flexibility index (Phi) is 4.03. The maximum Gasteiger partial charge on any atom is 0.271 e. The average Bonchev–Trinajstić information content (AvgIpc) is 2.98. The first-order valence-electron chi connectivity index (χ1n) is 7.31. The number of primary amides is 1. The molecule has 0 bridgehead atoms. The molecule has 0 radical (unpaired) electrons. The molecule has 0 aliphatic rings. The number of aliphatic hydroxyl groups excluding tert-OH is 1. The number of aliphatic hydroxyl groups is 1. The summed E-state index contributed by atoms with van der Waals surface area (Å²) < 4.78 is 1.63. The van der Waals surface area contributed by atoms with Gasteiger partial charge in [-0.2, -0.15) is 0 Å². The van der Waals surface area contributed by atoms with Crippen molar-refractivity contribution in [2.45, 2.75) is 19.4 Å². The van der Waals surface area contributed by atoms with Crippen molar-refractivity contribution in [2.24, 2.45) is 5.73 Å². The minimum absolute atomic E-state index is 0.105. The molecular weight excluding hydrogens is 294 g/mol. The third kappa shape index (κ3) is 2.78. The lowest BCUT2D eigenvalue weighted by molar-refractivity contribution is 0.0994. The molecule has 2 aromatic heterocycles. The molecule has 0 spiro atoms. The number of hydrogen-bond donors (Lipinski definition) is 2. The van der Waals surface area contributed by atoms with Crippen LogP contribution >= 0.6 is 0 Å². The second-order valence-corrected chi connectivity index (χ2v) is 5.30. The lowest BCUT2D eigenvalue weighted by Crippen LogP contribution is -2.18. The number of benzene rings is 1. The molecule has 0 aliphatic heterocycles. The number of nitrogens with two attached hydrogens (primary N) is 1. The van der Waals surface area contributed by atoms with Crippen LogP contribution in [-0.4, -0.2) is 37.6 Å². The van der Waals surface area contributed by atoms with Crippen LogP contribution in [0.15, 0.2) is 36.5 Å². The minimum Gasteiger partial charge on any atom is -0.396 e. The highest BCUT2D eigenvalue weighted by Gasteiger charge is 2.21. The number of nitrogens with zero attached hydrogens (tertiary/aromatic N) is 4. The van der Waals surface area contributed by atoms with Crippen molar-refractivity contribution >= 4 is 16.8 Å². The van der Waals surface area contributed by atoms with Crippen molar-refractivity contribution in [1.29, 1.82) is 0 Å². The molecule has 7 heteroatoms. The number of rotatable bonds is 5. The fourth-order valence-electron chi connectivity index (χ4n) is 2.65. The van der Waals surface area contributed by atoms with Crippen LogP contribution in [0.25, 0.3) is 10.9 Å². The van der Waals surface area contributed by atoms with Gasteiger partial charge in [0.1, 0.15) is 0 Å². The van der Waals surface area contributed by atoms with Gasteiger partial charge in [-0.15, -0.1) is 5.10 Å². The highest BCUT2D eigenvalue weighted by atomic mass is 16.3. The van der Waals surface area contributed by atoms with Crippen molar-refractivity contribution in [3.05, 3.63) is 53.5 Å². The number of hydrogen-bond acceptors (Lipinski definition) is 5.